The normalized spacial score (nSPS) is 14.4. The SMILES string of the molecule is CC(=O)N1C(=O)C(=O)c2cc(F)ccc21. The van der Waals surface area contributed by atoms with Crippen molar-refractivity contribution >= 4 is 23.3 Å². The standard InChI is InChI=1S/C10H6FNO3/c1-5(13)12-8-3-2-6(11)4-7(8)9(14)10(12)15/h2-4H,1H3. The van der Waals surface area contributed by atoms with Crippen molar-refractivity contribution in [1.82, 2.24) is 0 Å². The van der Waals surface area contributed by atoms with Crippen molar-refractivity contribution in [2.24, 2.45) is 0 Å². The fraction of sp³-hybridized carbons (Fsp3) is 0.100. The summed E-state index contributed by atoms with van der Waals surface area (Å²) in [6.45, 7) is 1.17. The third-order valence-electron chi connectivity index (χ3n) is 2.16. The van der Waals surface area contributed by atoms with Gasteiger partial charge < -0.3 is 0 Å². The molecule has 1 aromatic rings. The summed E-state index contributed by atoms with van der Waals surface area (Å²) in [6, 6.07) is 3.30. The zero-order valence-corrected chi connectivity index (χ0v) is 7.78. The highest BCUT2D eigenvalue weighted by molar-refractivity contribution is 6.56. The third-order valence-corrected chi connectivity index (χ3v) is 2.16. The lowest BCUT2D eigenvalue weighted by Crippen LogP contribution is -2.33. The van der Waals surface area contributed by atoms with Crippen molar-refractivity contribution in [3.05, 3.63) is 29.6 Å². The Labute approximate surface area is 84.3 Å². The first-order valence-corrected chi connectivity index (χ1v) is 4.21. The van der Waals surface area contributed by atoms with Crippen molar-refractivity contribution in [2.45, 2.75) is 6.92 Å². The van der Waals surface area contributed by atoms with Gasteiger partial charge in [0.2, 0.25) is 5.91 Å². The molecule has 0 N–H and O–H groups in total. The monoisotopic (exact) mass is 207 g/mol. The van der Waals surface area contributed by atoms with Crippen LogP contribution < -0.4 is 4.90 Å². The smallest absolute Gasteiger partial charge is 0.283 e. The summed E-state index contributed by atoms with van der Waals surface area (Å²) in [5.74, 6) is -2.94. The number of nitrogens with zero attached hydrogens (tertiary/aromatic N) is 1. The molecule has 0 saturated heterocycles. The number of amides is 2. The highest BCUT2D eigenvalue weighted by Gasteiger charge is 2.38. The molecule has 2 rings (SSSR count). The van der Waals surface area contributed by atoms with Gasteiger partial charge in [-0.3, -0.25) is 14.4 Å². The van der Waals surface area contributed by atoms with Crippen LogP contribution in [0.4, 0.5) is 10.1 Å². The first-order valence-electron chi connectivity index (χ1n) is 4.21. The summed E-state index contributed by atoms with van der Waals surface area (Å²) in [6.07, 6.45) is 0. The van der Waals surface area contributed by atoms with E-state index in [0.717, 1.165) is 17.0 Å². The second kappa shape index (κ2) is 2.98. The number of carbonyl (C=O) groups excluding carboxylic acids is 3. The van der Waals surface area contributed by atoms with Gasteiger partial charge in [-0.05, 0) is 18.2 Å². The number of ketones is 1. The lowest BCUT2D eigenvalue weighted by atomic mass is 10.1. The molecule has 1 aliphatic heterocycles. The fourth-order valence-electron chi connectivity index (χ4n) is 1.52. The van der Waals surface area contributed by atoms with E-state index in [2.05, 4.69) is 0 Å². The Hall–Kier alpha value is -2.04. The molecule has 0 saturated carbocycles. The van der Waals surface area contributed by atoms with Gasteiger partial charge in [-0.1, -0.05) is 0 Å². The average molecular weight is 207 g/mol. The van der Waals surface area contributed by atoms with Crippen LogP contribution in [0, 0.1) is 5.82 Å². The van der Waals surface area contributed by atoms with E-state index in [-0.39, 0.29) is 11.3 Å². The third kappa shape index (κ3) is 1.24. The molecular weight excluding hydrogens is 201 g/mol. The van der Waals surface area contributed by atoms with Gasteiger partial charge in [0.05, 0.1) is 11.3 Å². The molecule has 0 spiro atoms. The van der Waals surface area contributed by atoms with Crippen LogP contribution in [-0.4, -0.2) is 17.6 Å². The molecule has 0 fully saturated rings. The number of hydrogen-bond donors (Lipinski definition) is 0. The molecule has 1 aromatic carbocycles. The predicted molar refractivity (Wildman–Crippen MR) is 48.9 cm³/mol. The van der Waals surface area contributed by atoms with Gasteiger partial charge in [0, 0.05) is 6.92 Å². The van der Waals surface area contributed by atoms with Crippen LogP contribution in [0.2, 0.25) is 0 Å². The van der Waals surface area contributed by atoms with E-state index >= 15 is 0 Å². The van der Waals surface area contributed by atoms with Gasteiger partial charge in [0.25, 0.3) is 5.78 Å². The van der Waals surface area contributed by atoms with Crippen molar-refractivity contribution in [2.75, 3.05) is 4.90 Å². The molecule has 0 atom stereocenters. The van der Waals surface area contributed by atoms with Crippen LogP contribution in [0.3, 0.4) is 0 Å². The molecule has 5 heteroatoms. The first-order chi connectivity index (χ1) is 7.02. The van der Waals surface area contributed by atoms with E-state index in [1.165, 1.54) is 13.0 Å². The molecular formula is C10H6FNO3. The van der Waals surface area contributed by atoms with E-state index in [9.17, 15) is 18.8 Å². The number of benzene rings is 1. The number of Topliss-reactive ketones (excluding diaryl/α,β-unsaturated/α-hetero) is 1. The predicted octanol–water partition coefficient (Wildman–Crippen LogP) is 0.902. The van der Waals surface area contributed by atoms with Crippen molar-refractivity contribution in [3.63, 3.8) is 0 Å². The molecule has 0 aliphatic carbocycles. The van der Waals surface area contributed by atoms with Gasteiger partial charge in [-0.2, -0.15) is 0 Å². The van der Waals surface area contributed by atoms with Crippen molar-refractivity contribution in [3.8, 4) is 0 Å². The minimum atomic E-state index is -0.928. The Kier molecular flexibility index (Phi) is 1.89. The highest BCUT2D eigenvalue weighted by atomic mass is 19.1. The van der Waals surface area contributed by atoms with Gasteiger partial charge >= 0.3 is 5.91 Å². The Morgan fingerprint density at radius 1 is 1.33 bits per heavy atom. The summed E-state index contributed by atoms with van der Waals surface area (Å²) >= 11 is 0. The lowest BCUT2D eigenvalue weighted by molar-refractivity contribution is -0.122. The maximum Gasteiger partial charge on any atom is 0.306 e. The van der Waals surface area contributed by atoms with Crippen LogP contribution in [0.15, 0.2) is 18.2 Å². The summed E-state index contributed by atoms with van der Waals surface area (Å²) in [7, 11) is 0. The van der Waals surface area contributed by atoms with Gasteiger partial charge in [0.15, 0.2) is 0 Å². The van der Waals surface area contributed by atoms with Crippen molar-refractivity contribution in [1.29, 1.82) is 0 Å². The van der Waals surface area contributed by atoms with Crippen molar-refractivity contribution < 1.29 is 18.8 Å². The summed E-state index contributed by atoms with van der Waals surface area (Å²) in [5.41, 5.74) is 0.0918. The highest BCUT2D eigenvalue weighted by Crippen LogP contribution is 2.29. The first kappa shape index (κ1) is 9.51. The Morgan fingerprint density at radius 3 is 2.60 bits per heavy atom. The number of hydrogen-bond acceptors (Lipinski definition) is 3. The minimum absolute atomic E-state index is 0.0600. The van der Waals surface area contributed by atoms with Crippen LogP contribution >= 0.6 is 0 Å². The van der Waals surface area contributed by atoms with Crippen LogP contribution in [0.5, 0.6) is 0 Å². The number of imide groups is 1. The van der Waals surface area contributed by atoms with Crippen LogP contribution in [0.25, 0.3) is 0 Å². The Balaban J connectivity index is 2.66. The van der Waals surface area contributed by atoms with E-state index in [0.29, 0.717) is 0 Å². The second-order valence-corrected chi connectivity index (χ2v) is 3.15. The Bertz CT molecular complexity index is 495. The minimum Gasteiger partial charge on any atom is -0.283 e. The topological polar surface area (TPSA) is 54.5 Å². The molecule has 4 nitrogen and oxygen atoms in total. The number of halogens is 1. The fourth-order valence-corrected chi connectivity index (χ4v) is 1.52. The quantitative estimate of drug-likeness (QED) is 0.594. The van der Waals surface area contributed by atoms with E-state index in [1.54, 1.807) is 0 Å². The molecule has 1 aliphatic rings. The van der Waals surface area contributed by atoms with Gasteiger partial charge in [-0.15, -0.1) is 0 Å². The zero-order chi connectivity index (χ0) is 11.2. The number of rotatable bonds is 0. The van der Waals surface area contributed by atoms with E-state index < -0.39 is 23.4 Å². The van der Waals surface area contributed by atoms with Gasteiger partial charge in [-0.25, -0.2) is 9.29 Å². The molecule has 0 unspecified atom stereocenters. The Morgan fingerprint density at radius 2 is 2.00 bits per heavy atom. The van der Waals surface area contributed by atoms with Crippen LogP contribution in [0.1, 0.15) is 17.3 Å². The molecule has 2 amide bonds. The zero-order valence-electron chi connectivity index (χ0n) is 7.78. The van der Waals surface area contributed by atoms with E-state index in [4.69, 9.17) is 0 Å². The van der Waals surface area contributed by atoms with E-state index in [1.807, 2.05) is 0 Å². The number of anilines is 1. The molecule has 15 heavy (non-hydrogen) atoms. The summed E-state index contributed by atoms with van der Waals surface area (Å²) < 4.78 is 12.8. The molecule has 0 aromatic heterocycles. The molecule has 0 radical (unpaired) electrons. The largest absolute Gasteiger partial charge is 0.306 e. The van der Waals surface area contributed by atoms with Gasteiger partial charge in [0.1, 0.15) is 5.82 Å². The number of carbonyl (C=O) groups is 3. The second-order valence-electron chi connectivity index (χ2n) is 3.15. The summed E-state index contributed by atoms with van der Waals surface area (Å²) in [5, 5.41) is 0. The number of fused-ring (bicyclic) bond motifs is 1. The maximum atomic E-state index is 12.8. The lowest BCUT2D eigenvalue weighted by Gasteiger charge is -2.10. The summed E-state index contributed by atoms with van der Waals surface area (Å²) in [4.78, 5) is 34.6. The molecule has 1 heterocycles. The molecule has 0 bridgehead atoms. The molecule has 76 valence electrons. The van der Waals surface area contributed by atoms with Crippen LogP contribution in [-0.2, 0) is 9.59 Å². The maximum absolute atomic E-state index is 12.8. The average Bonchev–Trinajstić information content (AvgIpc) is 2.41.